The third kappa shape index (κ3) is 2.00. The number of rotatable bonds is 4. The maximum absolute atomic E-state index is 6.53. The number of hydrogen-bond acceptors (Lipinski definition) is 2. The summed E-state index contributed by atoms with van der Waals surface area (Å²) in [4.78, 5) is 8.38. The molecule has 0 aromatic carbocycles. The number of aromatic nitrogens is 2. The summed E-state index contributed by atoms with van der Waals surface area (Å²) in [5.74, 6) is 3.94. The van der Waals surface area contributed by atoms with Gasteiger partial charge >= 0.3 is 0 Å². The van der Waals surface area contributed by atoms with E-state index in [1.165, 1.54) is 44.2 Å². The molecule has 4 saturated carbocycles. The van der Waals surface area contributed by atoms with E-state index in [2.05, 4.69) is 25.0 Å². The molecule has 0 spiro atoms. The van der Waals surface area contributed by atoms with Gasteiger partial charge in [0.15, 0.2) is 0 Å². The molecule has 1 heterocycles. The predicted octanol–water partition coefficient (Wildman–Crippen LogP) is 3.85. The van der Waals surface area contributed by atoms with Gasteiger partial charge in [0.2, 0.25) is 0 Å². The fraction of sp³-hybridized carbons (Fsp3) is 0.833. The van der Waals surface area contributed by atoms with Gasteiger partial charge in [-0.25, -0.2) is 4.98 Å². The molecule has 5 rings (SSSR count). The summed E-state index contributed by atoms with van der Waals surface area (Å²) in [6.07, 6.45) is 12.6. The van der Waals surface area contributed by atoms with E-state index in [0.717, 1.165) is 36.4 Å². The monoisotopic (exact) mass is 287 g/mol. The first-order chi connectivity index (χ1) is 10.1. The first kappa shape index (κ1) is 13.8. The number of nitrogens with zero attached hydrogens (tertiary/aromatic N) is 1. The largest absolute Gasteiger partial charge is 0.344 e. The molecule has 0 aliphatic heterocycles. The van der Waals surface area contributed by atoms with Gasteiger partial charge in [0.25, 0.3) is 0 Å². The molecule has 3 N–H and O–H groups in total. The van der Waals surface area contributed by atoms with Crippen molar-refractivity contribution in [2.24, 2.45) is 23.5 Å². The van der Waals surface area contributed by atoms with Gasteiger partial charge < -0.3 is 10.7 Å². The smallest absolute Gasteiger partial charge is 0.126 e. The Kier molecular flexibility index (Phi) is 3.01. The van der Waals surface area contributed by atoms with Crippen LogP contribution in [0.4, 0.5) is 0 Å². The number of imidazole rings is 1. The van der Waals surface area contributed by atoms with Gasteiger partial charge in [-0.1, -0.05) is 13.8 Å². The molecule has 3 heteroatoms. The summed E-state index contributed by atoms with van der Waals surface area (Å²) in [6, 6.07) is 0. The van der Waals surface area contributed by atoms with E-state index in [9.17, 15) is 0 Å². The molecule has 4 aliphatic rings. The number of nitrogens with two attached hydrogens (primary N) is 1. The van der Waals surface area contributed by atoms with Crippen molar-refractivity contribution in [2.45, 2.75) is 76.2 Å². The van der Waals surface area contributed by atoms with Crippen LogP contribution in [0, 0.1) is 17.8 Å². The van der Waals surface area contributed by atoms with Crippen LogP contribution in [-0.4, -0.2) is 9.97 Å². The van der Waals surface area contributed by atoms with Gasteiger partial charge in [-0.2, -0.15) is 0 Å². The number of hydrogen-bond donors (Lipinski definition) is 2. The predicted molar refractivity (Wildman–Crippen MR) is 84.9 cm³/mol. The molecule has 4 fully saturated rings. The molecule has 3 nitrogen and oxygen atoms in total. The molecule has 0 radical (unpaired) electrons. The van der Waals surface area contributed by atoms with Gasteiger partial charge in [-0.05, 0) is 69.1 Å². The SMILES string of the molecule is CCC(N)(CC)c1ncc(C23CC4CC(CC(C4)C2)C3)[nH]1. The standard InChI is InChI=1S/C18H29N3/c1-3-18(19,4-2)16-20-11-15(21-16)17-8-12-5-13(9-17)7-14(6-12)10-17/h11-14H,3-10,19H2,1-2H3,(H,20,21). The topological polar surface area (TPSA) is 54.7 Å². The Hall–Kier alpha value is -0.830. The Morgan fingerprint density at radius 3 is 2.14 bits per heavy atom. The van der Waals surface area contributed by atoms with Crippen LogP contribution in [0.2, 0.25) is 0 Å². The Bertz CT molecular complexity index is 491. The van der Waals surface area contributed by atoms with Crippen molar-refractivity contribution < 1.29 is 0 Å². The molecule has 1 aromatic rings. The fourth-order valence-electron chi connectivity index (χ4n) is 5.87. The van der Waals surface area contributed by atoms with Gasteiger partial charge in [0.05, 0.1) is 5.54 Å². The van der Waals surface area contributed by atoms with Crippen molar-refractivity contribution in [3.8, 4) is 0 Å². The Morgan fingerprint density at radius 1 is 1.14 bits per heavy atom. The van der Waals surface area contributed by atoms with E-state index < -0.39 is 0 Å². The summed E-state index contributed by atoms with van der Waals surface area (Å²) >= 11 is 0. The van der Waals surface area contributed by atoms with Gasteiger partial charge in [0.1, 0.15) is 5.82 Å². The molecule has 116 valence electrons. The average Bonchev–Trinajstić information content (AvgIpc) is 2.96. The highest BCUT2D eigenvalue weighted by Gasteiger charge is 2.52. The maximum Gasteiger partial charge on any atom is 0.126 e. The van der Waals surface area contributed by atoms with Crippen LogP contribution in [0.25, 0.3) is 0 Å². The summed E-state index contributed by atoms with van der Waals surface area (Å²) < 4.78 is 0. The fourth-order valence-corrected chi connectivity index (χ4v) is 5.87. The first-order valence-corrected chi connectivity index (χ1v) is 8.92. The number of nitrogens with one attached hydrogen (secondary N) is 1. The molecule has 4 bridgehead atoms. The van der Waals surface area contributed by atoms with E-state index in [-0.39, 0.29) is 5.54 Å². The summed E-state index contributed by atoms with van der Waals surface area (Å²) in [5, 5.41) is 0. The molecular weight excluding hydrogens is 258 g/mol. The van der Waals surface area contributed by atoms with Crippen LogP contribution in [0.1, 0.15) is 76.7 Å². The molecule has 4 aliphatic carbocycles. The van der Waals surface area contributed by atoms with Crippen molar-refractivity contribution >= 4 is 0 Å². The Balaban J connectivity index is 1.67. The van der Waals surface area contributed by atoms with Crippen molar-refractivity contribution in [3.05, 3.63) is 17.7 Å². The van der Waals surface area contributed by atoms with Crippen LogP contribution >= 0.6 is 0 Å². The average molecular weight is 287 g/mol. The van der Waals surface area contributed by atoms with Crippen LogP contribution in [0.15, 0.2) is 6.20 Å². The lowest BCUT2D eigenvalue weighted by Crippen LogP contribution is -2.48. The summed E-state index contributed by atoms with van der Waals surface area (Å²) in [7, 11) is 0. The lowest BCUT2D eigenvalue weighted by atomic mass is 9.49. The molecule has 0 atom stereocenters. The van der Waals surface area contributed by atoms with Gasteiger partial charge in [-0.15, -0.1) is 0 Å². The Morgan fingerprint density at radius 2 is 1.67 bits per heavy atom. The molecule has 21 heavy (non-hydrogen) atoms. The van der Waals surface area contributed by atoms with E-state index >= 15 is 0 Å². The quantitative estimate of drug-likeness (QED) is 0.883. The van der Waals surface area contributed by atoms with Crippen LogP contribution in [0.5, 0.6) is 0 Å². The molecule has 1 aromatic heterocycles. The van der Waals surface area contributed by atoms with Crippen molar-refractivity contribution in [1.82, 2.24) is 9.97 Å². The van der Waals surface area contributed by atoms with E-state index in [1.54, 1.807) is 0 Å². The van der Waals surface area contributed by atoms with Crippen LogP contribution in [-0.2, 0) is 11.0 Å². The number of aromatic amines is 1. The lowest BCUT2D eigenvalue weighted by Gasteiger charge is -2.56. The zero-order valence-electron chi connectivity index (χ0n) is 13.5. The lowest BCUT2D eigenvalue weighted by molar-refractivity contribution is -0.00711. The molecule has 0 amide bonds. The normalized spacial score (nSPS) is 38.1. The van der Waals surface area contributed by atoms with Crippen LogP contribution in [0.3, 0.4) is 0 Å². The maximum atomic E-state index is 6.53. The Labute approximate surface area is 128 Å². The second kappa shape index (κ2) is 4.58. The molecule has 0 saturated heterocycles. The first-order valence-electron chi connectivity index (χ1n) is 8.92. The van der Waals surface area contributed by atoms with Crippen molar-refractivity contribution in [2.75, 3.05) is 0 Å². The minimum Gasteiger partial charge on any atom is -0.344 e. The second-order valence-electron chi connectivity index (χ2n) is 8.21. The van der Waals surface area contributed by atoms with Gasteiger partial charge in [0, 0.05) is 17.3 Å². The third-order valence-corrected chi connectivity index (χ3v) is 6.92. The van der Waals surface area contributed by atoms with E-state index in [4.69, 9.17) is 10.7 Å². The van der Waals surface area contributed by atoms with E-state index in [1.807, 2.05) is 0 Å². The number of H-pyrrole nitrogens is 1. The summed E-state index contributed by atoms with van der Waals surface area (Å²) in [5.41, 5.74) is 8.05. The highest BCUT2D eigenvalue weighted by Crippen LogP contribution is 2.60. The van der Waals surface area contributed by atoms with Crippen molar-refractivity contribution in [3.63, 3.8) is 0 Å². The minimum atomic E-state index is -0.277. The minimum absolute atomic E-state index is 0.277. The van der Waals surface area contributed by atoms with Crippen LogP contribution < -0.4 is 5.73 Å². The zero-order chi connectivity index (χ0) is 14.7. The molecular formula is C18H29N3. The van der Waals surface area contributed by atoms with Gasteiger partial charge in [-0.3, -0.25) is 0 Å². The zero-order valence-corrected chi connectivity index (χ0v) is 13.5. The third-order valence-electron chi connectivity index (χ3n) is 6.92. The second-order valence-corrected chi connectivity index (χ2v) is 8.21. The van der Waals surface area contributed by atoms with E-state index in [0.29, 0.717) is 5.41 Å². The summed E-state index contributed by atoms with van der Waals surface area (Å²) in [6.45, 7) is 4.33. The highest BCUT2D eigenvalue weighted by atomic mass is 15.0. The van der Waals surface area contributed by atoms with Crippen molar-refractivity contribution in [1.29, 1.82) is 0 Å². The molecule has 0 unspecified atom stereocenters. The highest BCUT2D eigenvalue weighted by molar-refractivity contribution is 5.23.